The number of amides is 1. The fraction of sp³-hybridized carbons (Fsp3) is 0.333. The van der Waals surface area contributed by atoms with Gasteiger partial charge in [-0.1, -0.05) is 18.2 Å². The van der Waals surface area contributed by atoms with Crippen LogP contribution in [-0.2, 0) is 11.3 Å². The summed E-state index contributed by atoms with van der Waals surface area (Å²) in [5.41, 5.74) is 3.18. The van der Waals surface area contributed by atoms with Crippen LogP contribution in [0, 0.1) is 6.92 Å². The number of anilines is 2. The molecule has 0 atom stereocenters. The van der Waals surface area contributed by atoms with E-state index in [1.54, 1.807) is 0 Å². The van der Waals surface area contributed by atoms with Crippen LogP contribution in [0.5, 0.6) is 0 Å². The van der Waals surface area contributed by atoms with E-state index >= 15 is 0 Å². The summed E-state index contributed by atoms with van der Waals surface area (Å²) in [5, 5.41) is 3.32. The maximum absolute atomic E-state index is 11.9. The van der Waals surface area contributed by atoms with Crippen molar-refractivity contribution in [2.75, 3.05) is 16.8 Å². The van der Waals surface area contributed by atoms with E-state index in [0.29, 0.717) is 6.42 Å². The Morgan fingerprint density at radius 1 is 1.14 bits per heavy atom. The van der Waals surface area contributed by atoms with Crippen molar-refractivity contribution in [3.63, 3.8) is 0 Å². The first-order chi connectivity index (χ1) is 10.7. The number of hydrogen-bond donors (Lipinski definition) is 1. The van der Waals surface area contributed by atoms with Crippen LogP contribution in [0.1, 0.15) is 30.5 Å². The first-order valence-corrected chi connectivity index (χ1v) is 7.79. The predicted molar refractivity (Wildman–Crippen MR) is 88.9 cm³/mol. The molecule has 0 unspecified atom stereocenters. The molecule has 3 rings (SSSR count). The van der Waals surface area contributed by atoms with E-state index in [-0.39, 0.29) is 5.91 Å². The van der Waals surface area contributed by atoms with Crippen molar-refractivity contribution in [2.24, 2.45) is 0 Å². The smallest absolute Gasteiger partial charge is 0.226 e. The van der Waals surface area contributed by atoms with E-state index in [2.05, 4.69) is 22.4 Å². The summed E-state index contributed by atoms with van der Waals surface area (Å²) >= 11 is 0. The maximum Gasteiger partial charge on any atom is 0.226 e. The zero-order valence-corrected chi connectivity index (χ0v) is 12.9. The Balaban J connectivity index is 1.63. The van der Waals surface area contributed by atoms with E-state index in [1.165, 1.54) is 5.56 Å². The lowest BCUT2D eigenvalue weighted by Gasteiger charge is -2.26. The third-order valence-corrected chi connectivity index (χ3v) is 3.93. The van der Waals surface area contributed by atoms with Crippen molar-refractivity contribution < 1.29 is 4.79 Å². The summed E-state index contributed by atoms with van der Waals surface area (Å²) in [7, 11) is 0. The number of hydrogen-bond acceptors (Lipinski definition) is 3. The molecule has 0 spiro atoms. The molecule has 0 bridgehead atoms. The molecule has 1 fully saturated rings. The van der Waals surface area contributed by atoms with Gasteiger partial charge in [0.25, 0.3) is 0 Å². The molecule has 1 aromatic carbocycles. The highest BCUT2D eigenvalue weighted by Crippen LogP contribution is 2.21. The fourth-order valence-electron chi connectivity index (χ4n) is 2.71. The molecular formula is C18H21N3O. The maximum atomic E-state index is 11.9. The minimum atomic E-state index is 0.237. The van der Waals surface area contributed by atoms with Gasteiger partial charge in [0.15, 0.2) is 0 Å². The Morgan fingerprint density at radius 2 is 1.95 bits per heavy atom. The van der Waals surface area contributed by atoms with E-state index in [0.717, 1.165) is 43.1 Å². The van der Waals surface area contributed by atoms with Crippen LogP contribution in [0.4, 0.5) is 11.5 Å². The monoisotopic (exact) mass is 295 g/mol. The molecule has 1 N–H and O–H groups in total. The topological polar surface area (TPSA) is 45.2 Å². The summed E-state index contributed by atoms with van der Waals surface area (Å²) in [6, 6.07) is 14.1. The summed E-state index contributed by atoms with van der Waals surface area (Å²) in [6.45, 7) is 3.55. The summed E-state index contributed by atoms with van der Waals surface area (Å²) in [5.74, 6) is 1.12. The van der Waals surface area contributed by atoms with Crippen LogP contribution in [0.25, 0.3) is 0 Å². The molecule has 22 heavy (non-hydrogen) atoms. The van der Waals surface area contributed by atoms with E-state index in [4.69, 9.17) is 0 Å². The molecule has 1 aliphatic rings. The summed E-state index contributed by atoms with van der Waals surface area (Å²) in [4.78, 5) is 18.2. The van der Waals surface area contributed by atoms with Gasteiger partial charge in [0.1, 0.15) is 5.82 Å². The number of carbonyl (C=O) groups excluding carboxylic acids is 1. The zero-order valence-electron chi connectivity index (χ0n) is 12.9. The van der Waals surface area contributed by atoms with Gasteiger partial charge in [0.05, 0.1) is 0 Å². The number of piperidine rings is 1. The molecule has 4 heteroatoms. The summed E-state index contributed by atoms with van der Waals surface area (Å²) in [6.07, 6.45) is 2.78. The first kappa shape index (κ1) is 14.6. The van der Waals surface area contributed by atoms with Crippen LogP contribution < -0.4 is 10.2 Å². The molecule has 4 nitrogen and oxygen atoms in total. The second-order valence-corrected chi connectivity index (χ2v) is 5.69. The Kier molecular flexibility index (Phi) is 4.37. The van der Waals surface area contributed by atoms with E-state index < -0.39 is 0 Å². The Hall–Kier alpha value is -2.36. The lowest BCUT2D eigenvalue weighted by Crippen LogP contribution is -2.35. The van der Waals surface area contributed by atoms with Crippen LogP contribution in [0.3, 0.4) is 0 Å². The molecule has 1 aliphatic heterocycles. The molecule has 1 amide bonds. The molecular weight excluding hydrogens is 274 g/mol. The third-order valence-electron chi connectivity index (χ3n) is 3.93. The lowest BCUT2D eigenvalue weighted by atomic mass is 10.1. The normalized spacial score (nSPS) is 15.0. The second kappa shape index (κ2) is 6.60. The molecule has 0 aliphatic carbocycles. The molecule has 0 radical (unpaired) electrons. The average Bonchev–Trinajstić information content (AvgIpc) is 2.54. The molecule has 2 aromatic rings. The Bertz CT molecular complexity index is 652. The zero-order chi connectivity index (χ0) is 15.4. The van der Waals surface area contributed by atoms with Gasteiger partial charge in [0.2, 0.25) is 5.91 Å². The number of aryl methyl sites for hydroxylation is 1. The highest BCUT2D eigenvalue weighted by atomic mass is 16.2. The molecule has 114 valence electrons. The Morgan fingerprint density at radius 3 is 2.68 bits per heavy atom. The third kappa shape index (κ3) is 3.45. The van der Waals surface area contributed by atoms with E-state index in [1.807, 2.05) is 42.2 Å². The van der Waals surface area contributed by atoms with Gasteiger partial charge in [-0.25, -0.2) is 4.98 Å². The highest BCUT2D eigenvalue weighted by molar-refractivity contribution is 5.93. The van der Waals surface area contributed by atoms with Crippen LogP contribution in [-0.4, -0.2) is 17.4 Å². The van der Waals surface area contributed by atoms with Crippen LogP contribution >= 0.6 is 0 Å². The molecule has 0 saturated carbocycles. The predicted octanol–water partition coefficient (Wildman–Crippen LogP) is 3.52. The van der Waals surface area contributed by atoms with Crippen LogP contribution in [0.2, 0.25) is 0 Å². The molecule has 1 saturated heterocycles. The van der Waals surface area contributed by atoms with E-state index in [9.17, 15) is 4.79 Å². The molecule has 2 heterocycles. The minimum absolute atomic E-state index is 0.237. The van der Waals surface area contributed by atoms with Gasteiger partial charge >= 0.3 is 0 Å². The van der Waals surface area contributed by atoms with Crippen molar-refractivity contribution in [1.82, 2.24) is 4.98 Å². The average molecular weight is 295 g/mol. The standard InChI is InChI=1S/C18H21N3O/c1-14-5-4-6-17(20-14)19-13-15-8-10-16(11-9-15)21-12-3-2-7-18(21)22/h4-6,8-11H,2-3,7,12-13H2,1H3,(H,19,20). The highest BCUT2D eigenvalue weighted by Gasteiger charge is 2.19. The van der Waals surface area contributed by atoms with Gasteiger partial charge in [-0.2, -0.15) is 0 Å². The largest absolute Gasteiger partial charge is 0.366 e. The number of benzene rings is 1. The van der Waals surface area contributed by atoms with Gasteiger partial charge in [0, 0.05) is 30.9 Å². The van der Waals surface area contributed by atoms with Crippen molar-refractivity contribution in [3.05, 3.63) is 53.7 Å². The SMILES string of the molecule is Cc1cccc(NCc2ccc(N3CCCCC3=O)cc2)n1. The summed E-state index contributed by atoms with van der Waals surface area (Å²) < 4.78 is 0. The number of pyridine rings is 1. The van der Waals surface area contributed by atoms with Crippen molar-refractivity contribution in [3.8, 4) is 0 Å². The van der Waals surface area contributed by atoms with Gasteiger partial charge < -0.3 is 10.2 Å². The number of aromatic nitrogens is 1. The van der Waals surface area contributed by atoms with Gasteiger partial charge in [-0.3, -0.25) is 4.79 Å². The minimum Gasteiger partial charge on any atom is -0.366 e. The number of nitrogens with one attached hydrogen (secondary N) is 1. The quantitative estimate of drug-likeness (QED) is 0.938. The van der Waals surface area contributed by atoms with Crippen LogP contribution in [0.15, 0.2) is 42.5 Å². The second-order valence-electron chi connectivity index (χ2n) is 5.69. The molecule has 1 aromatic heterocycles. The lowest BCUT2D eigenvalue weighted by molar-refractivity contribution is -0.119. The number of rotatable bonds is 4. The van der Waals surface area contributed by atoms with Crippen molar-refractivity contribution in [2.45, 2.75) is 32.7 Å². The van der Waals surface area contributed by atoms with Crippen molar-refractivity contribution >= 4 is 17.4 Å². The first-order valence-electron chi connectivity index (χ1n) is 7.79. The van der Waals surface area contributed by atoms with Gasteiger partial charge in [-0.05, 0) is 49.6 Å². The van der Waals surface area contributed by atoms with Crippen molar-refractivity contribution in [1.29, 1.82) is 0 Å². The Labute approximate surface area is 131 Å². The van der Waals surface area contributed by atoms with Gasteiger partial charge in [-0.15, -0.1) is 0 Å². The number of nitrogens with zero attached hydrogens (tertiary/aromatic N) is 2. The fourth-order valence-corrected chi connectivity index (χ4v) is 2.71. The number of carbonyl (C=O) groups is 1.